The number of benzene rings is 1. The lowest BCUT2D eigenvalue weighted by Gasteiger charge is -2.13. The van der Waals surface area contributed by atoms with E-state index in [1.54, 1.807) is 12.3 Å². The second kappa shape index (κ2) is 5.97. The number of carbonyl (C=O) groups excluding carboxylic acids is 1. The van der Waals surface area contributed by atoms with Gasteiger partial charge in [-0.05, 0) is 56.0 Å². The average molecular weight is 316 g/mol. The smallest absolute Gasteiger partial charge is 0.228 e. The Kier molecular flexibility index (Phi) is 4.03. The number of pyridine rings is 1. The minimum atomic E-state index is 0.0608. The number of aryl methyl sites for hydroxylation is 2. The fourth-order valence-corrected chi connectivity index (χ4v) is 2.70. The molecule has 22 heavy (non-hydrogen) atoms. The zero-order valence-electron chi connectivity index (χ0n) is 12.6. The molecule has 0 spiro atoms. The van der Waals surface area contributed by atoms with E-state index in [9.17, 15) is 4.79 Å². The van der Waals surface area contributed by atoms with Gasteiger partial charge in [-0.2, -0.15) is 0 Å². The molecule has 1 amide bonds. The molecular formula is C17H18ClN3O. The van der Waals surface area contributed by atoms with Crippen LogP contribution in [0.3, 0.4) is 0 Å². The SMILES string of the molecule is Cc1cc(C)c(Nc2ccc(NC(=O)C3CC3)nc2)c(Cl)c1. The van der Waals surface area contributed by atoms with E-state index in [2.05, 4.69) is 21.7 Å². The topological polar surface area (TPSA) is 54.0 Å². The predicted molar refractivity (Wildman–Crippen MR) is 89.8 cm³/mol. The number of nitrogens with zero attached hydrogens (tertiary/aromatic N) is 1. The van der Waals surface area contributed by atoms with E-state index in [4.69, 9.17) is 11.6 Å². The highest BCUT2D eigenvalue weighted by Crippen LogP contribution is 2.31. The highest BCUT2D eigenvalue weighted by Gasteiger charge is 2.29. The van der Waals surface area contributed by atoms with Gasteiger partial charge in [0.2, 0.25) is 5.91 Å². The molecule has 1 aromatic carbocycles. The summed E-state index contributed by atoms with van der Waals surface area (Å²) in [5.41, 5.74) is 3.92. The third-order valence-corrected chi connectivity index (χ3v) is 3.96. The van der Waals surface area contributed by atoms with Crippen molar-refractivity contribution in [2.24, 2.45) is 5.92 Å². The van der Waals surface area contributed by atoms with E-state index in [1.807, 2.05) is 26.0 Å². The molecule has 1 aliphatic rings. The molecule has 0 bridgehead atoms. The van der Waals surface area contributed by atoms with Gasteiger partial charge in [-0.1, -0.05) is 17.7 Å². The highest BCUT2D eigenvalue weighted by molar-refractivity contribution is 6.33. The van der Waals surface area contributed by atoms with Crippen LogP contribution in [-0.4, -0.2) is 10.9 Å². The maximum Gasteiger partial charge on any atom is 0.228 e. The van der Waals surface area contributed by atoms with E-state index in [1.165, 1.54) is 0 Å². The Morgan fingerprint density at radius 1 is 1.27 bits per heavy atom. The van der Waals surface area contributed by atoms with Crippen LogP contribution in [0.25, 0.3) is 0 Å². The maximum atomic E-state index is 11.7. The van der Waals surface area contributed by atoms with E-state index in [0.29, 0.717) is 10.8 Å². The van der Waals surface area contributed by atoms with E-state index in [-0.39, 0.29) is 11.8 Å². The first-order chi connectivity index (χ1) is 10.5. The summed E-state index contributed by atoms with van der Waals surface area (Å²) in [4.78, 5) is 16.0. The summed E-state index contributed by atoms with van der Waals surface area (Å²) in [5, 5.41) is 6.78. The number of amides is 1. The Bertz CT molecular complexity index is 685. The van der Waals surface area contributed by atoms with Gasteiger partial charge in [-0.15, -0.1) is 0 Å². The number of nitrogens with one attached hydrogen (secondary N) is 2. The van der Waals surface area contributed by atoms with Crippen molar-refractivity contribution in [3.63, 3.8) is 0 Å². The van der Waals surface area contributed by atoms with Crippen LogP contribution in [0.5, 0.6) is 0 Å². The molecule has 1 heterocycles. The third kappa shape index (κ3) is 3.39. The Hall–Kier alpha value is -2.07. The normalized spacial score (nSPS) is 13.8. The van der Waals surface area contributed by atoms with Gasteiger partial charge in [-0.25, -0.2) is 4.98 Å². The van der Waals surface area contributed by atoms with Gasteiger partial charge in [0.05, 0.1) is 22.6 Å². The Labute approximate surface area is 134 Å². The van der Waals surface area contributed by atoms with Crippen molar-refractivity contribution in [2.45, 2.75) is 26.7 Å². The molecule has 0 atom stereocenters. The van der Waals surface area contributed by atoms with Crippen LogP contribution in [0.4, 0.5) is 17.2 Å². The number of carbonyl (C=O) groups is 1. The first-order valence-electron chi connectivity index (χ1n) is 7.33. The van der Waals surface area contributed by atoms with Crippen LogP contribution >= 0.6 is 11.6 Å². The van der Waals surface area contributed by atoms with Crippen LogP contribution in [0.1, 0.15) is 24.0 Å². The van der Waals surface area contributed by atoms with E-state index < -0.39 is 0 Å². The molecule has 4 nitrogen and oxygen atoms in total. The second-order valence-electron chi connectivity index (χ2n) is 5.76. The van der Waals surface area contributed by atoms with Crippen molar-refractivity contribution in [3.05, 3.63) is 46.6 Å². The molecule has 2 N–H and O–H groups in total. The summed E-state index contributed by atoms with van der Waals surface area (Å²) in [6.07, 6.45) is 3.66. The quantitative estimate of drug-likeness (QED) is 0.876. The van der Waals surface area contributed by atoms with Gasteiger partial charge in [0.15, 0.2) is 0 Å². The lowest BCUT2D eigenvalue weighted by molar-refractivity contribution is -0.117. The first-order valence-corrected chi connectivity index (χ1v) is 7.71. The van der Waals surface area contributed by atoms with Gasteiger partial charge in [0.25, 0.3) is 0 Å². The van der Waals surface area contributed by atoms with Crippen LogP contribution in [0.2, 0.25) is 5.02 Å². The maximum absolute atomic E-state index is 11.7. The van der Waals surface area contributed by atoms with Crippen LogP contribution in [-0.2, 0) is 4.79 Å². The number of anilines is 3. The summed E-state index contributed by atoms with van der Waals surface area (Å²) in [5.74, 6) is 0.813. The van der Waals surface area contributed by atoms with Crippen molar-refractivity contribution >= 4 is 34.7 Å². The minimum absolute atomic E-state index is 0.0608. The molecule has 1 saturated carbocycles. The zero-order valence-corrected chi connectivity index (χ0v) is 13.4. The molecule has 1 fully saturated rings. The van der Waals surface area contributed by atoms with E-state index >= 15 is 0 Å². The molecule has 5 heteroatoms. The first kappa shape index (κ1) is 14.9. The van der Waals surface area contributed by atoms with E-state index in [0.717, 1.165) is 35.3 Å². The Morgan fingerprint density at radius 3 is 2.64 bits per heavy atom. The zero-order chi connectivity index (χ0) is 15.7. The molecule has 0 unspecified atom stereocenters. The fourth-order valence-electron chi connectivity index (χ4n) is 2.33. The number of hydrogen-bond acceptors (Lipinski definition) is 3. The van der Waals surface area contributed by atoms with Crippen molar-refractivity contribution in [1.29, 1.82) is 0 Å². The largest absolute Gasteiger partial charge is 0.353 e. The van der Waals surface area contributed by atoms with Gasteiger partial charge < -0.3 is 10.6 Å². The predicted octanol–water partition coefficient (Wildman–Crippen LogP) is 4.44. The van der Waals surface area contributed by atoms with Gasteiger partial charge in [-0.3, -0.25) is 4.79 Å². The highest BCUT2D eigenvalue weighted by atomic mass is 35.5. The Balaban J connectivity index is 1.72. The molecule has 0 radical (unpaired) electrons. The molecule has 0 aliphatic heterocycles. The number of hydrogen-bond donors (Lipinski definition) is 2. The van der Waals surface area contributed by atoms with Crippen molar-refractivity contribution < 1.29 is 4.79 Å². The monoisotopic (exact) mass is 315 g/mol. The molecule has 3 rings (SSSR count). The number of rotatable bonds is 4. The molecule has 1 aromatic heterocycles. The van der Waals surface area contributed by atoms with Gasteiger partial charge in [0.1, 0.15) is 5.82 Å². The van der Waals surface area contributed by atoms with Gasteiger partial charge in [0, 0.05) is 5.92 Å². The lowest BCUT2D eigenvalue weighted by Crippen LogP contribution is -2.14. The molecule has 0 saturated heterocycles. The van der Waals surface area contributed by atoms with Crippen LogP contribution in [0, 0.1) is 19.8 Å². The van der Waals surface area contributed by atoms with Crippen LogP contribution < -0.4 is 10.6 Å². The summed E-state index contributed by atoms with van der Waals surface area (Å²) in [6, 6.07) is 7.67. The minimum Gasteiger partial charge on any atom is -0.353 e. The second-order valence-corrected chi connectivity index (χ2v) is 6.17. The van der Waals surface area contributed by atoms with Crippen molar-refractivity contribution in [2.75, 3.05) is 10.6 Å². The van der Waals surface area contributed by atoms with Gasteiger partial charge >= 0.3 is 0 Å². The molecular weight excluding hydrogens is 298 g/mol. The summed E-state index contributed by atoms with van der Waals surface area (Å²) in [6.45, 7) is 4.03. The molecule has 1 aliphatic carbocycles. The molecule has 2 aromatic rings. The number of aromatic nitrogens is 1. The summed E-state index contributed by atoms with van der Waals surface area (Å²) >= 11 is 6.29. The Morgan fingerprint density at radius 2 is 2.05 bits per heavy atom. The fraction of sp³-hybridized carbons (Fsp3) is 0.294. The average Bonchev–Trinajstić information content (AvgIpc) is 3.29. The van der Waals surface area contributed by atoms with Crippen molar-refractivity contribution in [1.82, 2.24) is 4.98 Å². The third-order valence-electron chi connectivity index (χ3n) is 3.66. The molecule has 114 valence electrons. The van der Waals surface area contributed by atoms with Crippen LogP contribution in [0.15, 0.2) is 30.5 Å². The lowest BCUT2D eigenvalue weighted by atomic mass is 10.1. The van der Waals surface area contributed by atoms with Crippen molar-refractivity contribution in [3.8, 4) is 0 Å². The number of halogens is 1. The standard InChI is InChI=1S/C17H18ClN3O/c1-10-7-11(2)16(14(18)8-10)20-13-5-6-15(19-9-13)21-17(22)12-3-4-12/h5-9,12,20H,3-4H2,1-2H3,(H,19,21,22). The summed E-state index contributed by atoms with van der Waals surface area (Å²) < 4.78 is 0. The summed E-state index contributed by atoms with van der Waals surface area (Å²) in [7, 11) is 0.